The van der Waals surface area contributed by atoms with E-state index in [-0.39, 0.29) is 41.3 Å². The van der Waals surface area contributed by atoms with Crippen molar-refractivity contribution in [2.75, 3.05) is 29.4 Å². The average Bonchev–Trinajstić information content (AvgIpc) is 0.678. The molecule has 12 aromatic rings. The summed E-state index contributed by atoms with van der Waals surface area (Å²) in [7, 11) is -4.38. The summed E-state index contributed by atoms with van der Waals surface area (Å²) in [5.74, 6) is 1.09. The number of dihydropyridines is 1. The van der Waals surface area contributed by atoms with Gasteiger partial charge in [-0.2, -0.15) is 0 Å². The zero-order valence-corrected chi connectivity index (χ0v) is 66.2. The molecule has 9 aliphatic rings. The minimum atomic E-state index is -2.19. The van der Waals surface area contributed by atoms with Crippen molar-refractivity contribution in [1.82, 2.24) is 5.32 Å². The van der Waals surface area contributed by atoms with E-state index in [1.807, 2.05) is 0 Å². The van der Waals surface area contributed by atoms with Crippen molar-refractivity contribution in [3.8, 4) is 0 Å². The van der Waals surface area contributed by atoms with E-state index in [2.05, 4.69) is 389 Å². The molecule has 0 saturated heterocycles. The number of benzene rings is 12. The Hall–Kier alpha value is -10.7. The third-order valence-electron chi connectivity index (χ3n) is 27.1. The molecule has 7 heterocycles. The summed E-state index contributed by atoms with van der Waals surface area (Å²) < 4.78 is 0. The first-order chi connectivity index (χ1) is 52.1. The lowest BCUT2D eigenvalue weighted by Crippen LogP contribution is -2.66. The molecule has 528 valence electrons. The number of para-hydroxylation sites is 8. The Kier molecular flexibility index (Phi) is 13.9. The van der Waals surface area contributed by atoms with Crippen LogP contribution >= 0.6 is 0 Å². The fourth-order valence-electron chi connectivity index (χ4n) is 21.3. The van der Waals surface area contributed by atoms with Crippen molar-refractivity contribution in [3.63, 3.8) is 0 Å². The van der Waals surface area contributed by atoms with Gasteiger partial charge in [-0.15, -0.1) is 0 Å². The van der Waals surface area contributed by atoms with Gasteiger partial charge in [-0.05, 0) is 232 Å². The van der Waals surface area contributed by atoms with Gasteiger partial charge < -0.3 is 29.8 Å². The van der Waals surface area contributed by atoms with Gasteiger partial charge in [-0.1, -0.05) is 245 Å². The van der Waals surface area contributed by atoms with Crippen LogP contribution in [-0.4, -0.2) is 35.7 Å². The van der Waals surface area contributed by atoms with Crippen LogP contribution in [0, 0.1) is 0 Å². The van der Waals surface area contributed by atoms with Crippen molar-refractivity contribution in [2.24, 2.45) is 0 Å². The van der Waals surface area contributed by atoms with Crippen LogP contribution in [0.1, 0.15) is 103 Å². The lowest BCUT2D eigenvalue weighted by atomic mass is 9.30. The Morgan fingerprint density at radius 3 is 1.20 bits per heavy atom. The number of nitrogens with zero attached hydrogens (tertiary/aromatic N) is 6. The summed E-state index contributed by atoms with van der Waals surface area (Å²) in [5.41, 5.74) is 32.7. The first-order valence-electron chi connectivity index (χ1n) is 39.4. The molecule has 0 radical (unpaired) electrons. The van der Waals surface area contributed by atoms with Gasteiger partial charge in [0.2, 0.25) is 0 Å². The van der Waals surface area contributed by atoms with Crippen molar-refractivity contribution in [3.05, 3.63) is 312 Å². The fourth-order valence-corrected chi connectivity index (χ4v) is 27.3. The molecule has 2 aliphatic carbocycles. The minimum absolute atomic E-state index is 0.0147. The summed E-state index contributed by atoms with van der Waals surface area (Å²) in [6, 6.07) is 104. The van der Waals surface area contributed by atoms with Crippen LogP contribution in [-0.2, 0) is 21.7 Å². The molecule has 7 aliphatic heterocycles. The maximum atomic E-state index is 4.55. The third kappa shape index (κ3) is 9.21. The fraction of sp³-hybridized carbons (Fsp3) is 0.216. The number of fused-ring (bicyclic) bond motifs is 14. The van der Waals surface area contributed by atoms with Crippen molar-refractivity contribution < 1.29 is 0 Å². The summed E-state index contributed by atoms with van der Waals surface area (Å²) in [5, 5.41) is 10.3. The van der Waals surface area contributed by atoms with E-state index in [1.165, 1.54) is 144 Å². The molecule has 11 heteroatoms. The molecule has 12 aromatic carbocycles. The normalized spacial score (nSPS) is 19.4. The molecular formula is C97H91B2N7Si2. The van der Waals surface area contributed by atoms with Gasteiger partial charge in [-0.3, -0.25) is 4.90 Å². The molecule has 1 N–H and O–H groups in total. The van der Waals surface area contributed by atoms with Crippen molar-refractivity contribution in [2.45, 2.75) is 135 Å². The summed E-state index contributed by atoms with van der Waals surface area (Å²) >= 11 is 0. The Labute approximate surface area is 640 Å². The Balaban J connectivity index is 0.861. The van der Waals surface area contributed by atoms with Crippen LogP contribution in [0.5, 0.6) is 0 Å². The van der Waals surface area contributed by atoms with E-state index in [0.29, 0.717) is 0 Å². The molecule has 21 rings (SSSR count). The first kappa shape index (κ1) is 65.6. The number of nitrogens with one attached hydrogen (secondary N) is 1. The second-order valence-corrected chi connectivity index (χ2v) is 44.4. The molecule has 1 unspecified atom stereocenters. The molecule has 0 amide bonds. The topological polar surface area (TPSA) is 31.5 Å². The molecule has 108 heavy (non-hydrogen) atoms. The van der Waals surface area contributed by atoms with E-state index >= 15 is 0 Å². The predicted octanol–water partition coefficient (Wildman–Crippen LogP) is 18.5. The lowest BCUT2D eigenvalue weighted by Gasteiger charge is -2.52. The van der Waals surface area contributed by atoms with Gasteiger partial charge in [0.1, 0.15) is 28.1 Å². The van der Waals surface area contributed by atoms with Gasteiger partial charge in [0.05, 0.1) is 5.69 Å². The Morgan fingerprint density at radius 1 is 0.306 bits per heavy atom. The van der Waals surface area contributed by atoms with Crippen LogP contribution in [0.3, 0.4) is 0 Å². The smallest absolute Gasteiger partial charge is 0.254 e. The zero-order valence-electron chi connectivity index (χ0n) is 64.2. The van der Waals surface area contributed by atoms with E-state index < -0.39 is 16.1 Å². The highest BCUT2D eigenvalue weighted by molar-refractivity contribution is 7.04. The SMILES string of the molecule is CC1(C)CCC(C)(C)c2cc(N3C4=CC(N5c6ccccc6[Si](C)(C)c6ccccc65)NC5=C4B(c4ccccc43)c3cc4c(cc3N5c3ccccc3)N(c3ccccc3)c3cc(N5c6ccccc6[Si](C)(C)c6ccccc65)cc5c3B4c3ccccc3N5c3ccc4c(c3)C(C)(C)CCC4(C)C)ccc21. The lowest BCUT2D eigenvalue weighted by molar-refractivity contribution is 0.332. The third-order valence-corrected chi connectivity index (χ3v) is 34.2. The number of rotatable bonds is 6. The summed E-state index contributed by atoms with van der Waals surface area (Å²) in [6.45, 7) is 29.5. The number of anilines is 15. The van der Waals surface area contributed by atoms with Crippen LogP contribution < -0.4 is 82.8 Å². The Morgan fingerprint density at radius 2 is 0.685 bits per heavy atom. The van der Waals surface area contributed by atoms with Crippen LogP contribution in [0.15, 0.2) is 290 Å². The summed E-state index contributed by atoms with van der Waals surface area (Å²) in [6.07, 6.45) is 6.86. The van der Waals surface area contributed by atoms with Crippen molar-refractivity contribution in [1.29, 1.82) is 0 Å². The second kappa shape index (κ2) is 22.9. The van der Waals surface area contributed by atoms with Gasteiger partial charge in [0.25, 0.3) is 13.4 Å². The predicted molar refractivity (Wildman–Crippen MR) is 465 cm³/mol. The molecule has 7 nitrogen and oxygen atoms in total. The standard InChI is InChI=1S/C97H91B2N7Si2/c1-94(2)51-53-96(5,6)69-55-64(47-49-67(69)94)102-75-37-21-19-35-71(75)98-73-59-74-82(60-81(73)101(62-31-15-13-16-32-62)83-57-66(58-84(102)91(83)98)104-77-39-23-27-43-86(77)107(9,10)87-44-28-24-40-78(87)104)105(63-33-17-14-18-34-63)93-92-85(61-90(100-93)106-79-41-25-29-45-88(79)108(11,12)89-46-30-26-42-80(89)106)103(76-38-22-20-36-72(76)99(74)92)65-48-50-68-70(56-65)97(7,8)54-52-95(68,3)4/h13-50,55-61,90,100H,51-54H2,1-12H3. The number of hydrogen-bond donors (Lipinski definition) is 1. The maximum absolute atomic E-state index is 4.55. The Bertz CT molecular complexity index is 5810. The molecule has 0 saturated carbocycles. The van der Waals surface area contributed by atoms with Crippen LogP contribution in [0.2, 0.25) is 26.2 Å². The van der Waals surface area contributed by atoms with Crippen molar-refractivity contribution >= 4 is 163 Å². The maximum Gasteiger partial charge on any atom is 0.254 e. The summed E-state index contributed by atoms with van der Waals surface area (Å²) in [4.78, 5) is 15.9. The monoisotopic (exact) mass is 1430 g/mol. The quantitative estimate of drug-likeness (QED) is 0.166. The van der Waals surface area contributed by atoms with Gasteiger partial charge in [-0.25, -0.2) is 0 Å². The molecule has 0 aromatic heterocycles. The van der Waals surface area contributed by atoms with E-state index in [1.54, 1.807) is 0 Å². The highest BCUT2D eigenvalue weighted by atomic mass is 28.3. The van der Waals surface area contributed by atoms with Gasteiger partial charge in [0, 0.05) is 85.3 Å². The molecule has 0 spiro atoms. The first-order valence-corrected chi connectivity index (χ1v) is 45.4. The number of hydrogen-bond acceptors (Lipinski definition) is 7. The molecule has 0 fully saturated rings. The zero-order chi connectivity index (χ0) is 73.4. The molecule has 0 bridgehead atoms. The van der Waals surface area contributed by atoms with Gasteiger partial charge >= 0.3 is 0 Å². The van der Waals surface area contributed by atoms with Gasteiger partial charge in [0.15, 0.2) is 0 Å². The van der Waals surface area contributed by atoms with E-state index in [0.717, 1.165) is 54.3 Å². The molecule has 1 atom stereocenters. The van der Waals surface area contributed by atoms with Crippen LogP contribution in [0.4, 0.5) is 85.3 Å². The highest BCUT2D eigenvalue weighted by Crippen LogP contribution is 2.56. The second-order valence-electron chi connectivity index (χ2n) is 35.8. The average molecular weight is 1430 g/mol. The van der Waals surface area contributed by atoms with Crippen LogP contribution in [0.25, 0.3) is 0 Å². The largest absolute Gasteiger partial charge is 0.348 e. The minimum Gasteiger partial charge on any atom is -0.348 e. The van der Waals surface area contributed by atoms with E-state index in [9.17, 15) is 0 Å². The van der Waals surface area contributed by atoms with E-state index in [4.69, 9.17) is 0 Å². The highest BCUT2D eigenvalue weighted by Gasteiger charge is 2.54. The molecular weight excluding hydrogens is 1340 g/mol. The number of allylic oxidation sites excluding steroid dienone is 1.